The number of benzene rings is 1. The summed E-state index contributed by atoms with van der Waals surface area (Å²) in [7, 11) is 0. The van der Waals surface area contributed by atoms with Crippen molar-refractivity contribution in [3.05, 3.63) is 28.8 Å². The molecular formula is C15H20Cl2O3. The van der Waals surface area contributed by atoms with Crippen LogP contribution in [0.1, 0.15) is 23.1 Å². The predicted octanol–water partition coefficient (Wildman–Crippen LogP) is 3.58. The number of esters is 1. The fraction of sp³-hybridized carbons (Fsp3) is 0.533. The molecule has 1 aromatic carbocycles. The molecule has 1 aromatic rings. The van der Waals surface area contributed by atoms with Crippen LogP contribution in [0, 0.1) is 19.8 Å². The van der Waals surface area contributed by atoms with E-state index in [4.69, 9.17) is 27.9 Å². The van der Waals surface area contributed by atoms with Gasteiger partial charge in [-0.3, -0.25) is 4.79 Å². The summed E-state index contributed by atoms with van der Waals surface area (Å²) in [6.07, 6.45) is 0.897. The van der Waals surface area contributed by atoms with Crippen LogP contribution in [0.5, 0.6) is 5.75 Å². The number of carbonyl (C=O) groups excluding carboxylic acids is 1. The highest BCUT2D eigenvalue weighted by atomic mass is 35.5. The van der Waals surface area contributed by atoms with Crippen LogP contribution >= 0.6 is 23.2 Å². The second-order valence-electron chi connectivity index (χ2n) is 4.94. The molecule has 0 aromatic heterocycles. The number of aryl methyl sites for hydroxylation is 3. The quantitative estimate of drug-likeness (QED) is 0.617. The maximum absolute atomic E-state index is 11.6. The molecule has 0 aliphatic heterocycles. The normalized spacial score (nSPS) is 10.8. The third kappa shape index (κ3) is 5.22. The van der Waals surface area contributed by atoms with E-state index in [9.17, 15) is 9.90 Å². The lowest BCUT2D eigenvalue weighted by Gasteiger charge is -2.11. The minimum Gasteiger partial charge on any atom is -0.507 e. The molecule has 5 heteroatoms. The first-order chi connectivity index (χ1) is 9.47. The molecule has 1 N–H and O–H groups in total. The summed E-state index contributed by atoms with van der Waals surface area (Å²) < 4.78 is 5.13. The smallest absolute Gasteiger partial charge is 0.306 e. The van der Waals surface area contributed by atoms with Gasteiger partial charge in [-0.1, -0.05) is 12.1 Å². The van der Waals surface area contributed by atoms with E-state index in [0.717, 1.165) is 16.7 Å². The molecule has 0 fully saturated rings. The topological polar surface area (TPSA) is 46.5 Å². The fourth-order valence-corrected chi connectivity index (χ4v) is 2.36. The van der Waals surface area contributed by atoms with Gasteiger partial charge < -0.3 is 9.84 Å². The van der Waals surface area contributed by atoms with Gasteiger partial charge in [0.05, 0.1) is 6.61 Å². The number of halogens is 2. The van der Waals surface area contributed by atoms with Crippen molar-refractivity contribution in [3.63, 3.8) is 0 Å². The van der Waals surface area contributed by atoms with Gasteiger partial charge in [0.2, 0.25) is 0 Å². The van der Waals surface area contributed by atoms with E-state index in [2.05, 4.69) is 0 Å². The maximum Gasteiger partial charge on any atom is 0.306 e. The van der Waals surface area contributed by atoms with E-state index in [1.165, 1.54) is 0 Å². The number of aromatic hydroxyl groups is 1. The molecule has 0 saturated carbocycles. The third-order valence-corrected chi connectivity index (χ3v) is 3.96. The van der Waals surface area contributed by atoms with Crippen molar-refractivity contribution in [1.82, 2.24) is 0 Å². The molecule has 0 heterocycles. The summed E-state index contributed by atoms with van der Waals surface area (Å²) in [5, 5.41) is 9.69. The van der Waals surface area contributed by atoms with Crippen LogP contribution in [0.15, 0.2) is 12.1 Å². The van der Waals surface area contributed by atoms with Gasteiger partial charge in [-0.2, -0.15) is 0 Å². The minimum absolute atomic E-state index is 0.000412. The van der Waals surface area contributed by atoms with Gasteiger partial charge in [0, 0.05) is 24.1 Å². The lowest BCUT2D eigenvalue weighted by Crippen LogP contribution is -2.17. The monoisotopic (exact) mass is 318 g/mol. The maximum atomic E-state index is 11.6. The molecule has 0 aliphatic carbocycles. The van der Waals surface area contributed by atoms with Crippen LogP contribution in [-0.2, 0) is 16.0 Å². The Kier molecular flexibility index (Phi) is 7.17. The Hall–Kier alpha value is -0.930. The van der Waals surface area contributed by atoms with Crippen molar-refractivity contribution in [2.75, 3.05) is 18.4 Å². The number of phenols is 1. The Balaban J connectivity index is 2.45. The lowest BCUT2D eigenvalue weighted by atomic mass is 10.0. The molecule has 20 heavy (non-hydrogen) atoms. The first-order valence-electron chi connectivity index (χ1n) is 6.54. The van der Waals surface area contributed by atoms with Crippen molar-refractivity contribution in [2.24, 2.45) is 5.92 Å². The molecule has 0 atom stereocenters. The van der Waals surface area contributed by atoms with Gasteiger partial charge in [-0.15, -0.1) is 23.2 Å². The number of carbonyl (C=O) groups is 1. The summed E-state index contributed by atoms with van der Waals surface area (Å²) in [4.78, 5) is 11.6. The summed E-state index contributed by atoms with van der Waals surface area (Å²) in [5.41, 5.74) is 2.65. The van der Waals surface area contributed by atoms with Crippen LogP contribution in [0.4, 0.5) is 0 Å². The van der Waals surface area contributed by atoms with Crippen molar-refractivity contribution >= 4 is 29.2 Å². The molecule has 112 valence electrons. The molecule has 0 amide bonds. The lowest BCUT2D eigenvalue weighted by molar-refractivity contribution is -0.144. The molecule has 0 bridgehead atoms. The number of hydrogen-bond acceptors (Lipinski definition) is 3. The SMILES string of the molecule is Cc1cc(CCC(=O)OCC(CCl)CCl)cc(C)c1O. The minimum atomic E-state index is -0.256. The Morgan fingerprint density at radius 3 is 2.30 bits per heavy atom. The highest BCUT2D eigenvalue weighted by Crippen LogP contribution is 2.23. The number of rotatable bonds is 7. The zero-order valence-corrected chi connectivity index (χ0v) is 13.3. The van der Waals surface area contributed by atoms with Gasteiger partial charge in [0.1, 0.15) is 5.75 Å². The van der Waals surface area contributed by atoms with Crippen LogP contribution in [0.3, 0.4) is 0 Å². The first kappa shape index (κ1) is 17.1. The molecule has 0 unspecified atom stereocenters. The van der Waals surface area contributed by atoms with Crippen LogP contribution in [-0.4, -0.2) is 29.4 Å². The highest BCUT2D eigenvalue weighted by molar-refractivity contribution is 6.20. The number of phenolic OH excluding ortho intramolecular Hbond substituents is 1. The van der Waals surface area contributed by atoms with E-state index in [1.807, 2.05) is 26.0 Å². The Labute approximate surface area is 129 Å². The predicted molar refractivity (Wildman–Crippen MR) is 81.8 cm³/mol. The van der Waals surface area contributed by atoms with Crippen molar-refractivity contribution < 1.29 is 14.6 Å². The zero-order valence-electron chi connectivity index (χ0n) is 11.8. The summed E-state index contributed by atoms with van der Waals surface area (Å²) >= 11 is 11.3. The molecule has 1 rings (SSSR count). The Morgan fingerprint density at radius 1 is 1.25 bits per heavy atom. The van der Waals surface area contributed by atoms with E-state index >= 15 is 0 Å². The Morgan fingerprint density at radius 2 is 1.80 bits per heavy atom. The largest absolute Gasteiger partial charge is 0.507 e. The van der Waals surface area contributed by atoms with Crippen molar-refractivity contribution in [1.29, 1.82) is 0 Å². The van der Waals surface area contributed by atoms with Gasteiger partial charge >= 0.3 is 5.97 Å². The fourth-order valence-electron chi connectivity index (χ4n) is 1.85. The average Bonchev–Trinajstić information content (AvgIpc) is 2.43. The van der Waals surface area contributed by atoms with Crippen LogP contribution in [0.25, 0.3) is 0 Å². The van der Waals surface area contributed by atoms with Crippen LogP contribution in [0.2, 0.25) is 0 Å². The number of hydrogen-bond donors (Lipinski definition) is 1. The molecular weight excluding hydrogens is 299 g/mol. The molecule has 0 radical (unpaired) electrons. The first-order valence-corrected chi connectivity index (χ1v) is 7.61. The van der Waals surface area contributed by atoms with Gasteiger partial charge in [-0.25, -0.2) is 0 Å². The zero-order chi connectivity index (χ0) is 15.1. The summed E-state index contributed by atoms with van der Waals surface area (Å²) in [5.74, 6) is 0.817. The van der Waals surface area contributed by atoms with Crippen LogP contribution < -0.4 is 0 Å². The summed E-state index contributed by atoms with van der Waals surface area (Å²) in [6.45, 7) is 3.95. The van der Waals surface area contributed by atoms with Gasteiger partial charge in [0.15, 0.2) is 0 Å². The molecule has 0 saturated heterocycles. The van der Waals surface area contributed by atoms with E-state index < -0.39 is 0 Å². The number of ether oxygens (including phenoxy) is 1. The molecule has 3 nitrogen and oxygen atoms in total. The van der Waals surface area contributed by atoms with Crippen molar-refractivity contribution in [2.45, 2.75) is 26.7 Å². The highest BCUT2D eigenvalue weighted by Gasteiger charge is 2.11. The van der Waals surface area contributed by atoms with E-state index in [0.29, 0.717) is 30.4 Å². The standard InChI is InChI=1S/C15H20Cl2O3/c1-10-5-12(6-11(2)15(10)19)3-4-14(18)20-9-13(7-16)8-17/h5-6,13,19H,3-4,7-9H2,1-2H3. The van der Waals surface area contributed by atoms with Crippen molar-refractivity contribution in [3.8, 4) is 5.75 Å². The summed E-state index contributed by atoms with van der Waals surface area (Å²) in [6, 6.07) is 3.77. The van der Waals surface area contributed by atoms with Gasteiger partial charge in [-0.05, 0) is 37.0 Å². The third-order valence-electron chi connectivity index (χ3n) is 3.09. The van der Waals surface area contributed by atoms with Gasteiger partial charge in [0.25, 0.3) is 0 Å². The average molecular weight is 319 g/mol. The molecule has 0 spiro atoms. The van der Waals surface area contributed by atoms with E-state index in [1.54, 1.807) is 0 Å². The Bertz CT molecular complexity index is 433. The molecule has 0 aliphatic rings. The second kappa shape index (κ2) is 8.38. The number of alkyl halides is 2. The second-order valence-corrected chi connectivity index (χ2v) is 5.55. The van der Waals surface area contributed by atoms with E-state index in [-0.39, 0.29) is 18.5 Å².